The van der Waals surface area contributed by atoms with Gasteiger partial charge in [-0.15, -0.1) is 0 Å². The van der Waals surface area contributed by atoms with Crippen molar-refractivity contribution in [3.05, 3.63) is 12.2 Å². The van der Waals surface area contributed by atoms with E-state index in [9.17, 15) is 10.2 Å². The van der Waals surface area contributed by atoms with Crippen molar-refractivity contribution in [2.75, 3.05) is 19.8 Å². The summed E-state index contributed by atoms with van der Waals surface area (Å²) in [5.41, 5.74) is 0. The van der Waals surface area contributed by atoms with Crippen LogP contribution in [0.4, 0.5) is 0 Å². The van der Waals surface area contributed by atoms with Crippen molar-refractivity contribution >= 4 is 0 Å². The Kier molecular flexibility index (Phi) is 8.25. The van der Waals surface area contributed by atoms with Gasteiger partial charge in [0.05, 0.1) is 19.8 Å². The van der Waals surface area contributed by atoms with Crippen LogP contribution in [0.25, 0.3) is 0 Å². The van der Waals surface area contributed by atoms with Gasteiger partial charge in [0.25, 0.3) is 0 Å². The molecule has 1 aliphatic rings. The smallest absolute Gasteiger partial charge is 0.114 e. The van der Waals surface area contributed by atoms with E-state index in [4.69, 9.17) is 14.6 Å². The summed E-state index contributed by atoms with van der Waals surface area (Å²) < 4.78 is 10.6. The average Bonchev–Trinajstić information content (AvgIpc) is 2.41. The number of aliphatic hydroxyl groups is 3. The first-order chi connectivity index (χ1) is 9.20. The van der Waals surface area contributed by atoms with E-state index >= 15 is 0 Å². The third kappa shape index (κ3) is 5.58. The highest BCUT2D eigenvalue weighted by molar-refractivity contribution is 4.88. The van der Waals surface area contributed by atoms with Gasteiger partial charge in [-0.1, -0.05) is 31.9 Å². The fourth-order valence-electron chi connectivity index (χ4n) is 2.05. The molecule has 0 aromatic rings. The molecule has 0 spiro atoms. The van der Waals surface area contributed by atoms with Crippen LogP contribution in [-0.4, -0.2) is 59.6 Å². The van der Waals surface area contributed by atoms with Gasteiger partial charge < -0.3 is 24.8 Å². The first-order valence-corrected chi connectivity index (χ1v) is 7.05. The number of hydrogen-bond acceptors (Lipinski definition) is 5. The van der Waals surface area contributed by atoms with Crippen LogP contribution in [0.15, 0.2) is 12.2 Å². The molecule has 4 atom stereocenters. The minimum absolute atomic E-state index is 0.0826. The van der Waals surface area contributed by atoms with Crippen molar-refractivity contribution in [1.29, 1.82) is 0 Å². The molecule has 0 aromatic carbocycles. The molecular weight excluding hydrogens is 248 g/mol. The molecule has 5 heteroatoms. The molecule has 1 aliphatic heterocycles. The Morgan fingerprint density at radius 1 is 1.26 bits per heavy atom. The fraction of sp³-hybridized carbons (Fsp3) is 0.857. The maximum Gasteiger partial charge on any atom is 0.114 e. The van der Waals surface area contributed by atoms with Crippen LogP contribution in [0.2, 0.25) is 0 Å². The number of unbranched alkanes of at least 4 members (excludes halogenated alkanes) is 2. The molecule has 0 saturated carbocycles. The fourth-order valence-corrected chi connectivity index (χ4v) is 2.05. The van der Waals surface area contributed by atoms with E-state index < -0.39 is 24.4 Å². The van der Waals surface area contributed by atoms with Gasteiger partial charge in [0.1, 0.15) is 24.4 Å². The van der Waals surface area contributed by atoms with Gasteiger partial charge in [-0.05, 0) is 12.8 Å². The molecule has 1 saturated heterocycles. The predicted octanol–water partition coefficient (Wildman–Crippen LogP) is 0.621. The Morgan fingerprint density at radius 3 is 2.68 bits per heavy atom. The van der Waals surface area contributed by atoms with Crippen LogP contribution >= 0.6 is 0 Å². The molecule has 112 valence electrons. The normalized spacial score (nSPS) is 32.0. The molecule has 3 N–H and O–H groups in total. The number of hydrogen-bond donors (Lipinski definition) is 3. The highest BCUT2D eigenvalue weighted by Gasteiger charge is 2.38. The lowest BCUT2D eigenvalue weighted by Crippen LogP contribution is -2.55. The minimum Gasteiger partial charge on any atom is -0.394 e. The molecule has 0 aromatic heterocycles. The van der Waals surface area contributed by atoms with E-state index in [1.807, 2.05) is 0 Å². The van der Waals surface area contributed by atoms with Gasteiger partial charge in [-0.3, -0.25) is 0 Å². The molecule has 0 amide bonds. The lowest BCUT2D eigenvalue weighted by molar-refractivity contribution is -0.210. The first kappa shape index (κ1) is 16.6. The Bertz CT molecular complexity index is 256. The average molecular weight is 274 g/mol. The Labute approximate surface area is 114 Å². The summed E-state index contributed by atoms with van der Waals surface area (Å²) in [4.78, 5) is 0. The van der Waals surface area contributed by atoms with Crippen molar-refractivity contribution in [3.8, 4) is 0 Å². The summed E-state index contributed by atoms with van der Waals surface area (Å²) in [5.74, 6) is 0. The van der Waals surface area contributed by atoms with Gasteiger partial charge in [-0.2, -0.15) is 0 Å². The molecule has 1 heterocycles. The zero-order chi connectivity index (χ0) is 14.1. The Morgan fingerprint density at radius 2 is 2.00 bits per heavy atom. The van der Waals surface area contributed by atoms with E-state index in [1.165, 1.54) is 12.8 Å². The Hall–Kier alpha value is -0.460. The summed E-state index contributed by atoms with van der Waals surface area (Å²) in [6, 6.07) is 0. The highest BCUT2D eigenvalue weighted by Crippen LogP contribution is 2.18. The largest absolute Gasteiger partial charge is 0.394 e. The Balaban J connectivity index is 2.24. The summed E-state index contributed by atoms with van der Waals surface area (Å²) in [6.07, 6.45) is 5.19. The van der Waals surface area contributed by atoms with Crippen molar-refractivity contribution in [2.45, 2.75) is 57.0 Å². The standard InChI is InChI=1S/C14H26O5/c1-2-3-4-5-6-7-8-18-14-11(16)10-19-12(9-15)13(14)17/h5-6,11-17H,2-4,7-10H2,1H3/b6-5+/t11-,12+,13+,14+/m0/s1. The van der Waals surface area contributed by atoms with Crippen molar-refractivity contribution in [2.24, 2.45) is 0 Å². The van der Waals surface area contributed by atoms with Crippen molar-refractivity contribution in [3.63, 3.8) is 0 Å². The highest BCUT2D eigenvalue weighted by atomic mass is 16.6. The summed E-state index contributed by atoms with van der Waals surface area (Å²) in [7, 11) is 0. The van der Waals surface area contributed by atoms with E-state index in [-0.39, 0.29) is 13.2 Å². The molecule has 0 unspecified atom stereocenters. The summed E-state index contributed by atoms with van der Waals surface area (Å²) >= 11 is 0. The van der Waals surface area contributed by atoms with Gasteiger partial charge in [0, 0.05) is 0 Å². The number of allylic oxidation sites excluding steroid dienone is 1. The van der Waals surface area contributed by atoms with E-state index in [0.29, 0.717) is 6.61 Å². The van der Waals surface area contributed by atoms with E-state index in [0.717, 1.165) is 12.8 Å². The number of aliphatic hydroxyl groups excluding tert-OH is 3. The molecule has 0 aliphatic carbocycles. The van der Waals surface area contributed by atoms with Crippen LogP contribution in [0.3, 0.4) is 0 Å². The van der Waals surface area contributed by atoms with Gasteiger partial charge in [0.15, 0.2) is 0 Å². The zero-order valence-electron chi connectivity index (χ0n) is 11.6. The van der Waals surface area contributed by atoms with Crippen LogP contribution in [-0.2, 0) is 9.47 Å². The minimum atomic E-state index is -0.988. The SMILES string of the molecule is CCCC/C=C/CCO[C@H]1[C@H](O)[C@@H](CO)OC[C@@H]1O. The second-order valence-corrected chi connectivity index (χ2v) is 4.85. The lowest BCUT2D eigenvalue weighted by Gasteiger charge is -2.37. The summed E-state index contributed by atoms with van der Waals surface area (Å²) in [5, 5.41) is 28.6. The van der Waals surface area contributed by atoms with Crippen LogP contribution in [0.5, 0.6) is 0 Å². The third-order valence-electron chi connectivity index (χ3n) is 3.24. The molecule has 19 heavy (non-hydrogen) atoms. The molecule has 0 radical (unpaired) electrons. The quantitative estimate of drug-likeness (QED) is 0.447. The zero-order valence-corrected chi connectivity index (χ0v) is 11.6. The number of ether oxygens (including phenoxy) is 2. The molecule has 0 bridgehead atoms. The monoisotopic (exact) mass is 274 g/mol. The first-order valence-electron chi connectivity index (χ1n) is 7.05. The second-order valence-electron chi connectivity index (χ2n) is 4.85. The third-order valence-corrected chi connectivity index (χ3v) is 3.24. The lowest BCUT2D eigenvalue weighted by atomic mass is 10.0. The van der Waals surface area contributed by atoms with Gasteiger partial charge in [0.2, 0.25) is 0 Å². The van der Waals surface area contributed by atoms with Crippen LogP contribution < -0.4 is 0 Å². The van der Waals surface area contributed by atoms with Crippen molar-refractivity contribution in [1.82, 2.24) is 0 Å². The molecule has 1 rings (SSSR count). The van der Waals surface area contributed by atoms with Gasteiger partial charge in [-0.25, -0.2) is 0 Å². The maximum absolute atomic E-state index is 9.88. The summed E-state index contributed by atoms with van der Waals surface area (Å²) in [6.45, 7) is 2.41. The maximum atomic E-state index is 9.88. The molecule has 5 nitrogen and oxygen atoms in total. The topological polar surface area (TPSA) is 79.2 Å². The van der Waals surface area contributed by atoms with E-state index in [2.05, 4.69) is 19.1 Å². The van der Waals surface area contributed by atoms with Crippen LogP contribution in [0.1, 0.15) is 32.6 Å². The predicted molar refractivity (Wildman–Crippen MR) is 71.9 cm³/mol. The second kappa shape index (κ2) is 9.44. The number of rotatable bonds is 8. The van der Waals surface area contributed by atoms with Gasteiger partial charge >= 0.3 is 0 Å². The van der Waals surface area contributed by atoms with Crippen LogP contribution in [0, 0.1) is 0 Å². The molecule has 1 fully saturated rings. The van der Waals surface area contributed by atoms with E-state index in [1.54, 1.807) is 0 Å². The molecular formula is C14H26O5. The van der Waals surface area contributed by atoms with Crippen molar-refractivity contribution < 1.29 is 24.8 Å².